The summed E-state index contributed by atoms with van der Waals surface area (Å²) < 4.78 is 1.41. The first kappa shape index (κ1) is 11.5. The fourth-order valence-electron chi connectivity index (χ4n) is 1.49. The Bertz CT molecular complexity index is 271. The number of halogens is 2. The average molecular weight is 353 g/mol. The number of rotatable bonds is 4. The molecule has 0 aliphatic carbocycles. The number of benzene rings is 1. The predicted octanol–water partition coefficient (Wildman–Crippen LogP) is 4.18. The average Bonchev–Trinajstić information content (AvgIpc) is 2.15. The summed E-state index contributed by atoms with van der Waals surface area (Å²) in [5.41, 5.74) is 3.05. The Labute approximate surface area is 102 Å². The molecular weight excluding hydrogens is 339 g/mol. The van der Waals surface area contributed by atoms with Crippen LogP contribution in [0.2, 0.25) is 0 Å². The van der Waals surface area contributed by atoms with Gasteiger partial charge in [-0.3, -0.25) is 0 Å². The summed E-state index contributed by atoms with van der Waals surface area (Å²) >= 11 is 5.90. The molecule has 0 nitrogen and oxygen atoms in total. The van der Waals surface area contributed by atoms with Crippen molar-refractivity contribution in [2.24, 2.45) is 0 Å². The van der Waals surface area contributed by atoms with Crippen LogP contribution >= 0.6 is 38.5 Å². The second-order valence-corrected chi connectivity index (χ2v) is 4.98. The molecule has 0 N–H and O–H groups in total. The van der Waals surface area contributed by atoms with Gasteiger partial charge in [0.05, 0.1) is 0 Å². The molecule has 13 heavy (non-hydrogen) atoms. The SMILES string of the molecule is CCc1c(I)cccc1CCCBr. The van der Waals surface area contributed by atoms with E-state index in [9.17, 15) is 0 Å². The molecule has 72 valence electrons. The van der Waals surface area contributed by atoms with E-state index in [0.29, 0.717) is 0 Å². The van der Waals surface area contributed by atoms with Gasteiger partial charge in [0.15, 0.2) is 0 Å². The fraction of sp³-hybridized carbons (Fsp3) is 0.455. The molecule has 0 bridgehead atoms. The fourth-order valence-corrected chi connectivity index (χ4v) is 2.71. The zero-order chi connectivity index (χ0) is 9.68. The third-order valence-electron chi connectivity index (χ3n) is 2.15. The van der Waals surface area contributed by atoms with Crippen LogP contribution in [0.25, 0.3) is 0 Å². The molecule has 0 radical (unpaired) electrons. The summed E-state index contributed by atoms with van der Waals surface area (Å²) in [5.74, 6) is 0. The van der Waals surface area contributed by atoms with Crippen molar-refractivity contribution in [1.82, 2.24) is 0 Å². The Kier molecular flexibility index (Phi) is 5.32. The van der Waals surface area contributed by atoms with E-state index in [4.69, 9.17) is 0 Å². The smallest absolute Gasteiger partial charge is 0.0164 e. The standard InChI is InChI=1S/C11H14BrI/c1-2-10-9(6-4-8-12)5-3-7-11(10)13/h3,5,7H,2,4,6,8H2,1H3. The molecule has 0 saturated carbocycles. The second-order valence-electron chi connectivity index (χ2n) is 3.02. The van der Waals surface area contributed by atoms with Gasteiger partial charge >= 0.3 is 0 Å². The van der Waals surface area contributed by atoms with Crippen LogP contribution in [0.1, 0.15) is 24.5 Å². The minimum atomic E-state index is 1.10. The van der Waals surface area contributed by atoms with Crippen LogP contribution in [-0.4, -0.2) is 5.33 Å². The Morgan fingerprint density at radius 2 is 2.15 bits per heavy atom. The van der Waals surface area contributed by atoms with E-state index >= 15 is 0 Å². The second kappa shape index (κ2) is 6.02. The van der Waals surface area contributed by atoms with Crippen molar-refractivity contribution >= 4 is 38.5 Å². The molecule has 0 atom stereocenters. The molecule has 0 fully saturated rings. The highest BCUT2D eigenvalue weighted by Gasteiger charge is 2.03. The first-order valence-corrected chi connectivity index (χ1v) is 6.81. The molecule has 0 aromatic heterocycles. The maximum absolute atomic E-state index is 3.47. The largest absolute Gasteiger partial charge is 0.0928 e. The topological polar surface area (TPSA) is 0 Å². The van der Waals surface area contributed by atoms with Crippen molar-refractivity contribution in [2.75, 3.05) is 5.33 Å². The molecule has 0 saturated heterocycles. The highest BCUT2D eigenvalue weighted by atomic mass is 127. The summed E-state index contributed by atoms with van der Waals surface area (Å²) in [6.45, 7) is 2.23. The maximum atomic E-state index is 3.47. The normalized spacial score (nSPS) is 10.4. The van der Waals surface area contributed by atoms with Gasteiger partial charge < -0.3 is 0 Å². The lowest BCUT2D eigenvalue weighted by Crippen LogP contribution is -1.96. The predicted molar refractivity (Wildman–Crippen MR) is 70.7 cm³/mol. The van der Waals surface area contributed by atoms with Crippen LogP contribution in [0.5, 0.6) is 0 Å². The van der Waals surface area contributed by atoms with Crippen molar-refractivity contribution in [3.63, 3.8) is 0 Å². The molecule has 0 spiro atoms. The van der Waals surface area contributed by atoms with Gasteiger partial charge in [0.25, 0.3) is 0 Å². The van der Waals surface area contributed by atoms with Crippen LogP contribution in [0.4, 0.5) is 0 Å². The van der Waals surface area contributed by atoms with Crippen LogP contribution in [0.3, 0.4) is 0 Å². The summed E-state index contributed by atoms with van der Waals surface area (Å²) in [5, 5.41) is 1.10. The number of hydrogen-bond acceptors (Lipinski definition) is 0. The Morgan fingerprint density at radius 3 is 2.77 bits per heavy atom. The molecule has 0 aliphatic heterocycles. The van der Waals surface area contributed by atoms with E-state index in [0.717, 1.165) is 11.8 Å². The van der Waals surface area contributed by atoms with Crippen molar-refractivity contribution in [3.05, 3.63) is 32.9 Å². The first-order chi connectivity index (χ1) is 6.29. The Morgan fingerprint density at radius 1 is 1.38 bits per heavy atom. The molecule has 2 heteroatoms. The lowest BCUT2D eigenvalue weighted by atomic mass is 10.0. The van der Waals surface area contributed by atoms with Gasteiger partial charge in [-0.25, -0.2) is 0 Å². The summed E-state index contributed by atoms with van der Waals surface area (Å²) in [6.07, 6.45) is 3.58. The van der Waals surface area contributed by atoms with E-state index in [1.165, 1.54) is 27.5 Å². The van der Waals surface area contributed by atoms with Gasteiger partial charge in [-0.1, -0.05) is 35.0 Å². The van der Waals surface area contributed by atoms with Gasteiger partial charge in [-0.05, 0) is 59.0 Å². The summed E-state index contributed by atoms with van der Waals surface area (Å²) in [4.78, 5) is 0. The third kappa shape index (κ3) is 3.24. The molecule has 0 unspecified atom stereocenters. The monoisotopic (exact) mass is 352 g/mol. The van der Waals surface area contributed by atoms with Crippen LogP contribution in [-0.2, 0) is 12.8 Å². The van der Waals surface area contributed by atoms with Gasteiger partial charge in [-0.2, -0.15) is 0 Å². The number of hydrogen-bond donors (Lipinski definition) is 0. The molecular formula is C11H14BrI. The minimum Gasteiger partial charge on any atom is -0.0928 e. The van der Waals surface area contributed by atoms with E-state index in [2.05, 4.69) is 63.6 Å². The van der Waals surface area contributed by atoms with Crippen molar-refractivity contribution in [1.29, 1.82) is 0 Å². The zero-order valence-corrected chi connectivity index (χ0v) is 11.6. The van der Waals surface area contributed by atoms with Gasteiger partial charge in [0.1, 0.15) is 0 Å². The minimum absolute atomic E-state index is 1.10. The highest BCUT2D eigenvalue weighted by Crippen LogP contribution is 2.19. The van der Waals surface area contributed by atoms with E-state index in [-0.39, 0.29) is 0 Å². The molecule has 1 rings (SSSR count). The number of alkyl halides is 1. The molecule has 1 aromatic carbocycles. The summed E-state index contributed by atoms with van der Waals surface area (Å²) in [6, 6.07) is 6.60. The molecule has 0 aliphatic rings. The van der Waals surface area contributed by atoms with Crippen molar-refractivity contribution in [3.8, 4) is 0 Å². The van der Waals surface area contributed by atoms with Crippen molar-refractivity contribution in [2.45, 2.75) is 26.2 Å². The third-order valence-corrected chi connectivity index (χ3v) is 3.72. The Hall–Kier alpha value is 0.430. The van der Waals surface area contributed by atoms with Crippen molar-refractivity contribution < 1.29 is 0 Å². The summed E-state index contributed by atoms with van der Waals surface area (Å²) in [7, 11) is 0. The van der Waals surface area contributed by atoms with E-state index in [1.807, 2.05) is 0 Å². The lowest BCUT2D eigenvalue weighted by Gasteiger charge is -2.08. The molecule has 1 aromatic rings. The van der Waals surface area contributed by atoms with Gasteiger partial charge in [-0.15, -0.1) is 0 Å². The van der Waals surface area contributed by atoms with Crippen LogP contribution in [0.15, 0.2) is 18.2 Å². The number of aryl methyl sites for hydroxylation is 1. The zero-order valence-electron chi connectivity index (χ0n) is 7.82. The van der Waals surface area contributed by atoms with E-state index < -0.39 is 0 Å². The Balaban J connectivity index is 2.85. The van der Waals surface area contributed by atoms with Crippen LogP contribution < -0.4 is 0 Å². The molecule has 0 amide bonds. The maximum Gasteiger partial charge on any atom is 0.0164 e. The van der Waals surface area contributed by atoms with Gasteiger partial charge in [0, 0.05) is 8.90 Å². The van der Waals surface area contributed by atoms with E-state index in [1.54, 1.807) is 0 Å². The first-order valence-electron chi connectivity index (χ1n) is 4.61. The van der Waals surface area contributed by atoms with Crippen LogP contribution in [0, 0.1) is 3.57 Å². The highest BCUT2D eigenvalue weighted by molar-refractivity contribution is 14.1. The molecule has 0 heterocycles. The lowest BCUT2D eigenvalue weighted by molar-refractivity contribution is 0.910. The van der Waals surface area contributed by atoms with Gasteiger partial charge in [0.2, 0.25) is 0 Å². The quantitative estimate of drug-likeness (QED) is 0.563.